The van der Waals surface area contributed by atoms with Gasteiger partial charge in [-0.15, -0.1) is 10.2 Å². The zero-order valence-corrected chi connectivity index (χ0v) is 10.8. The van der Waals surface area contributed by atoms with Crippen molar-refractivity contribution in [2.75, 3.05) is 6.54 Å². The SMILES string of the molecule is Cc1nnc(S[C@@H](C)C(=O)NCC(C)C)o1. The number of hydrogen-bond acceptors (Lipinski definition) is 5. The van der Waals surface area contributed by atoms with Gasteiger partial charge >= 0.3 is 0 Å². The minimum Gasteiger partial charge on any atom is -0.416 e. The van der Waals surface area contributed by atoms with Crippen LogP contribution in [0, 0.1) is 12.8 Å². The number of nitrogens with zero attached hydrogens (tertiary/aromatic N) is 2. The van der Waals surface area contributed by atoms with Gasteiger partial charge in [-0.1, -0.05) is 25.6 Å². The predicted octanol–water partition coefficient (Wildman–Crippen LogP) is 1.63. The molecule has 0 fully saturated rings. The Morgan fingerprint density at radius 1 is 1.44 bits per heavy atom. The largest absolute Gasteiger partial charge is 0.416 e. The number of rotatable bonds is 5. The number of carbonyl (C=O) groups is 1. The fourth-order valence-electron chi connectivity index (χ4n) is 0.979. The smallest absolute Gasteiger partial charge is 0.277 e. The summed E-state index contributed by atoms with van der Waals surface area (Å²) in [5.74, 6) is 0.957. The molecule has 90 valence electrons. The number of carbonyl (C=O) groups excluding carboxylic acids is 1. The number of hydrogen-bond donors (Lipinski definition) is 1. The minimum absolute atomic E-state index is 0.00504. The van der Waals surface area contributed by atoms with Gasteiger partial charge in [0.1, 0.15) is 0 Å². The summed E-state index contributed by atoms with van der Waals surface area (Å²) in [7, 11) is 0. The maximum atomic E-state index is 11.6. The highest BCUT2D eigenvalue weighted by Crippen LogP contribution is 2.21. The molecule has 0 aliphatic rings. The van der Waals surface area contributed by atoms with Crippen LogP contribution in [0.15, 0.2) is 9.64 Å². The van der Waals surface area contributed by atoms with Gasteiger partial charge in [0.15, 0.2) is 0 Å². The Hall–Kier alpha value is -1.04. The van der Waals surface area contributed by atoms with Crippen LogP contribution in [0.2, 0.25) is 0 Å². The average molecular weight is 243 g/mol. The van der Waals surface area contributed by atoms with Gasteiger partial charge in [-0.2, -0.15) is 0 Å². The molecule has 1 aromatic rings. The molecule has 6 heteroatoms. The van der Waals surface area contributed by atoms with Crippen molar-refractivity contribution in [3.8, 4) is 0 Å². The highest BCUT2D eigenvalue weighted by Gasteiger charge is 2.17. The fraction of sp³-hybridized carbons (Fsp3) is 0.700. The Morgan fingerprint density at radius 3 is 2.62 bits per heavy atom. The molecule has 1 aromatic heterocycles. The molecular formula is C10H17N3O2S. The van der Waals surface area contributed by atoms with Gasteiger partial charge in [0.2, 0.25) is 11.8 Å². The molecule has 1 rings (SSSR count). The van der Waals surface area contributed by atoms with Gasteiger partial charge in [0, 0.05) is 13.5 Å². The number of thioether (sulfide) groups is 1. The summed E-state index contributed by atoms with van der Waals surface area (Å²) < 4.78 is 5.19. The molecule has 16 heavy (non-hydrogen) atoms. The Kier molecular flexibility index (Phi) is 4.79. The fourth-order valence-corrected chi connectivity index (χ4v) is 1.73. The maximum absolute atomic E-state index is 11.6. The molecule has 0 aromatic carbocycles. The molecule has 0 unspecified atom stereocenters. The molecular weight excluding hydrogens is 226 g/mol. The molecule has 1 atom stereocenters. The van der Waals surface area contributed by atoms with E-state index in [-0.39, 0.29) is 11.2 Å². The van der Waals surface area contributed by atoms with Crippen LogP contribution in [-0.2, 0) is 4.79 Å². The maximum Gasteiger partial charge on any atom is 0.277 e. The topological polar surface area (TPSA) is 68.0 Å². The molecule has 0 aliphatic carbocycles. The first-order valence-electron chi connectivity index (χ1n) is 5.23. The summed E-state index contributed by atoms with van der Waals surface area (Å²) in [5, 5.41) is 10.6. The third kappa shape index (κ3) is 4.22. The van der Waals surface area contributed by atoms with E-state index in [2.05, 4.69) is 29.4 Å². The summed E-state index contributed by atoms with van der Waals surface area (Å²) in [5.41, 5.74) is 0. The van der Waals surface area contributed by atoms with E-state index in [4.69, 9.17) is 4.42 Å². The number of nitrogens with one attached hydrogen (secondary N) is 1. The third-order valence-corrected chi connectivity index (χ3v) is 2.77. The van der Waals surface area contributed by atoms with Crippen molar-refractivity contribution < 1.29 is 9.21 Å². The monoisotopic (exact) mass is 243 g/mol. The lowest BCUT2D eigenvalue weighted by molar-refractivity contribution is -0.120. The van der Waals surface area contributed by atoms with E-state index >= 15 is 0 Å². The first-order valence-corrected chi connectivity index (χ1v) is 6.11. The van der Waals surface area contributed by atoms with E-state index < -0.39 is 0 Å². The quantitative estimate of drug-likeness (QED) is 0.796. The van der Waals surface area contributed by atoms with Crippen LogP contribution in [0.5, 0.6) is 0 Å². The van der Waals surface area contributed by atoms with Gasteiger partial charge in [-0.05, 0) is 12.8 Å². The van der Waals surface area contributed by atoms with Crippen LogP contribution in [0.4, 0.5) is 0 Å². The van der Waals surface area contributed by atoms with Crippen molar-refractivity contribution in [2.24, 2.45) is 5.92 Å². The second-order valence-corrected chi connectivity index (χ2v) is 5.28. The van der Waals surface area contributed by atoms with Gasteiger partial charge < -0.3 is 9.73 Å². The molecule has 1 heterocycles. The van der Waals surface area contributed by atoms with Crippen molar-refractivity contribution in [1.82, 2.24) is 15.5 Å². The second-order valence-electron chi connectivity index (χ2n) is 3.99. The Balaban J connectivity index is 2.39. The summed E-state index contributed by atoms with van der Waals surface area (Å²) in [6.45, 7) is 8.34. The molecule has 1 amide bonds. The van der Waals surface area contributed by atoms with E-state index in [0.29, 0.717) is 23.6 Å². The zero-order chi connectivity index (χ0) is 12.1. The lowest BCUT2D eigenvalue weighted by atomic mass is 10.2. The molecule has 0 bridgehead atoms. The van der Waals surface area contributed by atoms with Crippen LogP contribution in [0.25, 0.3) is 0 Å². The van der Waals surface area contributed by atoms with E-state index in [1.54, 1.807) is 6.92 Å². The van der Waals surface area contributed by atoms with Crippen molar-refractivity contribution in [1.29, 1.82) is 0 Å². The predicted molar refractivity (Wildman–Crippen MR) is 62.2 cm³/mol. The summed E-state index contributed by atoms with van der Waals surface area (Å²) >= 11 is 1.27. The first kappa shape index (κ1) is 13.0. The van der Waals surface area contributed by atoms with Gasteiger partial charge in [0.05, 0.1) is 5.25 Å². The van der Waals surface area contributed by atoms with E-state index in [1.165, 1.54) is 11.8 Å². The summed E-state index contributed by atoms with van der Waals surface area (Å²) in [6, 6.07) is 0. The first-order chi connectivity index (χ1) is 7.49. The van der Waals surface area contributed by atoms with Gasteiger partial charge in [0.25, 0.3) is 5.22 Å². The van der Waals surface area contributed by atoms with E-state index in [9.17, 15) is 4.79 Å². The van der Waals surface area contributed by atoms with Crippen molar-refractivity contribution in [3.63, 3.8) is 0 Å². The molecule has 0 radical (unpaired) electrons. The molecule has 1 N–H and O–H groups in total. The highest BCUT2D eigenvalue weighted by atomic mass is 32.2. The van der Waals surface area contributed by atoms with Gasteiger partial charge in [-0.25, -0.2) is 0 Å². The van der Waals surface area contributed by atoms with Crippen LogP contribution in [0.3, 0.4) is 0 Å². The zero-order valence-electron chi connectivity index (χ0n) is 9.98. The molecule has 5 nitrogen and oxygen atoms in total. The van der Waals surface area contributed by atoms with Gasteiger partial charge in [-0.3, -0.25) is 4.79 Å². The van der Waals surface area contributed by atoms with Crippen molar-refractivity contribution in [2.45, 2.75) is 38.2 Å². The highest BCUT2D eigenvalue weighted by molar-refractivity contribution is 8.00. The van der Waals surface area contributed by atoms with Crippen molar-refractivity contribution >= 4 is 17.7 Å². The Bertz CT molecular complexity index is 352. The van der Waals surface area contributed by atoms with Crippen LogP contribution in [-0.4, -0.2) is 27.9 Å². The Labute approximate surface area is 99.4 Å². The lowest BCUT2D eigenvalue weighted by Gasteiger charge is -2.11. The van der Waals surface area contributed by atoms with Crippen molar-refractivity contribution in [3.05, 3.63) is 5.89 Å². The standard InChI is InChI=1S/C10H17N3O2S/c1-6(2)5-11-9(14)7(3)16-10-13-12-8(4)15-10/h6-7H,5H2,1-4H3,(H,11,14)/t7-/m0/s1. The molecule has 0 aliphatic heterocycles. The summed E-state index contributed by atoms with van der Waals surface area (Å²) in [4.78, 5) is 11.6. The minimum atomic E-state index is -0.224. The number of aromatic nitrogens is 2. The van der Waals surface area contributed by atoms with E-state index in [1.807, 2.05) is 6.92 Å². The number of aryl methyl sites for hydroxylation is 1. The third-order valence-electron chi connectivity index (χ3n) is 1.84. The average Bonchev–Trinajstić information content (AvgIpc) is 2.60. The lowest BCUT2D eigenvalue weighted by Crippen LogP contribution is -2.33. The van der Waals surface area contributed by atoms with Crippen LogP contribution >= 0.6 is 11.8 Å². The number of amides is 1. The Morgan fingerprint density at radius 2 is 2.12 bits per heavy atom. The van der Waals surface area contributed by atoms with E-state index in [0.717, 1.165) is 0 Å². The molecule has 0 saturated heterocycles. The normalized spacial score (nSPS) is 12.8. The van der Waals surface area contributed by atoms with Crippen LogP contribution in [0.1, 0.15) is 26.7 Å². The van der Waals surface area contributed by atoms with Crippen LogP contribution < -0.4 is 5.32 Å². The molecule has 0 spiro atoms. The molecule has 0 saturated carbocycles. The second kappa shape index (κ2) is 5.89. The summed E-state index contributed by atoms with van der Waals surface area (Å²) in [6.07, 6.45) is 0.